The summed E-state index contributed by atoms with van der Waals surface area (Å²) < 4.78 is 6.56. The molecule has 2 aromatic rings. The molecule has 1 nitrogen and oxygen atoms in total. The van der Waals surface area contributed by atoms with E-state index in [1.165, 1.54) is 0 Å². The summed E-state index contributed by atoms with van der Waals surface area (Å²) >= 11 is 0. The normalized spacial score (nSPS) is 17.0. The van der Waals surface area contributed by atoms with E-state index < -0.39 is 5.60 Å². The van der Waals surface area contributed by atoms with Crippen LogP contribution in [0.5, 0.6) is 0 Å². The van der Waals surface area contributed by atoms with Crippen molar-refractivity contribution in [1.82, 2.24) is 0 Å². The van der Waals surface area contributed by atoms with Crippen molar-refractivity contribution >= 4 is 0 Å². The zero-order valence-corrected chi connectivity index (χ0v) is 13.5. The van der Waals surface area contributed by atoms with Gasteiger partial charge in [0.05, 0.1) is 0 Å². The van der Waals surface area contributed by atoms with Crippen LogP contribution in [-0.2, 0) is 10.3 Å². The second-order valence-electron chi connectivity index (χ2n) is 6.80. The van der Waals surface area contributed by atoms with Crippen molar-refractivity contribution < 1.29 is 4.74 Å². The van der Waals surface area contributed by atoms with Crippen LogP contribution in [-0.4, -0.2) is 0 Å². The molecule has 2 aromatic carbocycles. The zero-order chi connectivity index (χ0) is 15.8. The number of allylic oxidation sites excluding steroid dienone is 1. The van der Waals surface area contributed by atoms with Crippen LogP contribution in [0.1, 0.15) is 31.9 Å². The van der Waals surface area contributed by atoms with Crippen molar-refractivity contribution in [2.24, 2.45) is 5.41 Å². The van der Waals surface area contributed by atoms with Gasteiger partial charge in [-0.3, -0.25) is 0 Å². The van der Waals surface area contributed by atoms with Crippen LogP contribution in [0.15, 0.2) is 84.7 Å². The highest BCUT2D eigenvalue weighted by Gasteiger charge is 2.45. The van der Waals surface area contributed by atoms with Gasteiger partial charge in [0.1, 0.15) is 5.76 Å². The van der Waals surface area contributed by atoms with Crippen LogP contribution < -0.4 is 0 Å². The van der Waals surface area contributed by atoms with E-state index in [1.807, 2.05) is 36.4 Å². The zero-order valence-electron chi connectivity index (χ0n) is 13.5. The van der Waals surface area contributed by atoms with Crippen molar-refractivity contribution in [2.75, 3.05) is 0 Å². The molecule has 0 aliphatic carbocycles. The van der Waals surface area contributed by atoms with Gasteiger partial charge in [0.2, 0.25) is 0 Å². The molecule has 1 aliphatic rings. The Morgan fingerprint density at radius 1 is 0.818 bits per heavy atom. The van der Waals surface area contributed by atoms with Gasteiger partial charge in [-0.25, -0.2) is 0 Å². The minimum atomic E-state index is -0.620. The molecule has 22 heavy (non-hydrogen) atoms. The van der Waals surface area contributed by atoms with Gasteiger partial charge in [0.15, 0.2) is 5.60 Å². The van der Waals surface area contributed by atoms with Crippen LogP contribution in [0.3, 0.4) is 0 Å². The van der Waals surface area contributed by atoms with Crippen LogP contribution in [0.2, 0.25) is 0 Å². The van der Waals surface area contributed by atoms with Gasteiger partial charge >= 0.3 is 0 Å². The van der Waals surface area contributed by atoms with Crippen molar-refractivity contribution in [3.63, 3.8) is 0 Å². The Kier molecular flexibility index (Phi) is 3.44. The standard InChI is InChI=1S/C21H22O/c1-16-15-19(20(2,3)4)22-21(16,17-11-7-5-8-12-17)18-13-9-6-10-14-18/h5-15H,1H2,2-4H3. The average Bonchev–Trinajstić information content (AvgIpc) is 2.88. The topological polar surface area (TPSA) is 9.23 Å². The van der Waals surface area contributed by atoms with Crippen molar-refractivity contribution in [3.8, 4) is 0 Å². The van der Waals surface area contributed by atoms with Gasteiger partial charge in [-0.2, -0.15) is 0 Å². The van der Waals surface area contributed by atoms with E-state index >= 15 is 0 Å². The second kappa shape index (κ2) is 5.17. The minimum Gasteiger partial charge on any atom is -0.477 e. The van der Waals surface area contributed by atoms with E-state index in [0.717, 1.165) is 22.5 Å². The Balaban J connectivity index is 2.18. The number of hydrogen-bond acceptors (Lipinski definition) is 1. The van der Waals surface area contributed by atoms with Crippen molar-refractivity contribution in [2.45, 2.75) is 26.4 Å². The number of benzene rings is 2. The van der Waals surface area contributed by atoms with Gasteiger partial charge in [-0.05, 0) is 6.08 Å². The Bertz CT molecular complexity index is 663. The van der Waals surface area contributed by atoms with Gasteiger partial charge in [0.25, 0.3) is 0 Å². The molecule has 0 bridgehead atoms. The first kappa shape index (κ1) is 14.6. The van der Waals surface area contributed by atoms with Gasteiger partial charge in [0, 0.05) is 22.1 Å². The second-order valence-corrected chi connectivity index (χ2v) is 6.80. The molecule has 0 spiro atoms. The quantitative estimate of drug-likeness (QED) is 0.715. The summed E-state index contributed by atoms with van der Waals surface area (Å²) in [6, 6.07) is 20.7. The molecule has 0 N–H and O–H groups in total. The lowest BCUT2D eigenvalue weighted by Gasteiger charge is -2.34. The molecule has 0 fully saturated rings. The summed E-state index contributed by atoms with van der Waals surface area (Å²) in [6.45, 7) is 10.8. The maximum atomic E-state index is 6.56. The SMILES string of the molecule is C=C1C=C(C(C)(C)C)OC1(c1ccccc1)c1ccccc1. The summed E-state index contributed by atoms with van der Waals surface area (Å²) in [5, 5.41) is 0. The van der Waals surface area contributed by atoms with Crippen LogP contribution in [0.25, 0.3) is 0 Å². The largest absolute Gasteiger partial charge is 0.477 e. The predicted octanol–water partition coefficient (Wildman–Crippen LogP) is 5.45. The Labute approximate surface area is 133 Å². The summed E-state index contributed by atoms with van der Waals surface area (Å²) in [6.07, 6.45) is 2.10. The molecule has 1 aliphatic heterocycles. The lowest BCUT2D eigenvalue weighted by Crippen LogP contribution is -2.30. The predicted molar refractivity (Wildman–Crippen MR) is 91.4 cm³/mol. The van der Waals surface area contributed by atoms with Crippen LogP contribution in [0, 0.1) is 5.41 Å². The molecule has 0 amide bonds. The highest BCUT2D eigenvalue weighted by Crippen LogP contribution is 2.50. The highest BCUT2D eigenvalue weighted by atomic mass is 16.5. The molecule has 0 atom stereocenters. The van der Waals surface area contributed by atoms with Gasteiger partial charge < -0.3 is 4.74 Å². The lowest BCUT2D eigenvalue weighted by molar-refractivity contribution is 0.0556. The molecule has 1 heterocycles. The average molecular weight is 290 g/mol. The first-order valence-corrected chi connectivity index (χ1v) is 7.66. The monoisotopic (exact) mass is 290 g/mol. The molecule has 0 saturated carbocycles. The lowest BCUT2D eigenvalue weighted by atomic mass is 9.81. The molecule has 0 aromatic heterocycles. The van der Waals surface area contributed by atoms with Crippen molar-refractivity contribution in [3.05, 3.63) is 95.8 Å². The van der Waals surface area contributed by atoms with Crippen LogP contribution in [0.4, 0.5) is 0 Å². The number of ether oxygens (including phenoxy) is 1. The van der Waals surface area contributed by atoms with Crippen LogP contribution >= 0.6 is 0 Å². The summed E-state index contributed by atoms with van der Waals surface area (Å²) in [5.74, 6) is 0.977. The van der Waals surface area contributed by atoms with Crippen molar-refractivity contribution in [1.29, 1.82) is 0 Å². The Morgan fingerprint density at radius 3 is 1.64 bits per heavy atom. The fourth-order valence-corrected chi connectivity index (χ4v) is 2.89. The molecule has 0 saturated heterocycles. The van der Waals surface area contributed by atoms with E-state index in [4.69, 9.17) is 4.74 Å². The van der Waals surface area contributed by atoms with E-state index in [0.29, 0.717) is 0 Å². The molecule has 1 heteroatoms. The van der Waals surface area contributed by atoms with E-state index in [2.05, 4.69) is 57.7 Å². The Morgan fingerprint density at radius 2 is 1.27 bits per heavy atom. The molecule has 0 unspecified atom stereocenters. The van der Waals surface area contributed by atoms with Gasteiger partial charge in [-0.15, -0.1) is 0 Å². The third-order valence-corrected chi connectivity index (χ3v) is 4.12. The fourth-order valence-electron chi connectivity index (χ4n) is 2.89. The summed E-state index contributed by atoms with van der Waals surface area (Å²) in [4.78, 5) is 0. The smallest absolute Gasteiger partial charge is 0.183 e. The maximum Gasteiger partial charge on any atom is 0.183 e. The third kappa shape index (κ3) is 2.27. The van der Waals surface area contributed by atoms with E-state index in [-0.39, 0.29) is 5.41 Å². The highest BCUT2D eigenvalue weighted by molar-refractivity contribution is 5.52. The van der Waals surface area contributed by atoms with Gasteiger partial charge in [-0.1, -0.05) is 88.0 Å². The fraction of sp³-hybridized carbons (Fsp3) is 0.238. The minimum absolute atomic E-state index is 0.0474. The summed E-state index contributed by atoms with van der Waals surface area (Å²) in [5.41, 5.74) is 2.54. The molecule has 0 radical (unpaired) electrons. The van der Waals surface area contributed by atoms with E-state index in [9.17, 15) is 0 Å². The molecule has 3 rings (SSSR count). The maximum absolute atomic E-state index is 6.56. The number of rotatable bonds is 2. The molecular formula is C21H22O. The Hall–Kier alpha value is -2.28. The summed E-state index contributed by atoms with van der Waals surface area (Å²) in [7, 11) is 0. The molecule has 112 valence electrons. The van der Waals surface area contributed by atoms with E-state index in [1.54, 1.807) is 0 Å². The first-order valence-electron chi connectivity index (χ1n) is 7.66. The third-order valence-electron chi connectivity index (χ3n) is 4.12. The first-order chi connectivity index (χ1) is 10.4. The molecular weight excluding hydrogens is 268 g/mol. The number of hydrogen-bond donors (Lipinski definition) is 0.